The van der Waals surface area contributed by atoms with Crippen LogP contribution in [0.2, 0.25) is 0 Å². The minimum atomic E-state index is -0.606. The van der Waals surface area contributed by atoms with E-state index in [0.29, 0.717) is 19.4 Å². The number of H-pyrrole nitrogens is 1. The molecule has 4 aliphatic rings. The fourth-order valence-corrected chi connectivity index (χ4v) is 9.47. The number of amides is 3. The SMILES string of the molecule is COC(=O)C[C@@H](C(=O)N1CCCC1C1=Nc2ccc(-c3ccc4cc(-c5cnc([C@@H]6CC[C@@H]7CC[C@H](NC(=O)OC)C(=O)N76)[nH]5)ccc4c3)cc2C1)c1ccccc1. The van der Waals surface area contributed by atoms with Gasteiger partial charge in [0, 0.05) is 30.3 Å². The standard InChI is InChI=1S/C46H46N6O6/c1-57-42(53)25-35(27-7-4-3-5-8-27)44(54)51-20-6-9-40(51)38-24-33-23-31(14-17-36(33)48-38)28-10-11-30-22-32(13-12-29(30)21-28)39-26-47-43(49-39)41-19-16-34-15-18-37(45(55)52(34)41)50-46(56)58-2/h3-5,7-8,10-14,17,21-23,26,34-35,37,40-41H,6,9,15-16,18-20,24-25H2,1-2H3,(H,47,49)(H,50,56)/t34-,35+,37-,40?,41-/m0/s1. The number of alkyl carbamates (subject to hydrolysis) is 1. The van der Waals surface area contributed by atoms with Crippen molar-refractivity contribution in [2.45, 2.75) is 81.5 Å². The van der Waals surface area contributed by atoms with Crippen molar-refractivity contribution in [2.75, 3.05) is 20.8 Å². The highest BCUT2D eigenvalue weighted by Gasteiger charge is 2.45. The Hall–Kier alpha value is -6.30. The molecular formula is C46H46N6O6. The van der Waals surface area contributed by atoms with Crippen LogP contribution < -0.4 is 5.32 Å². The van der Waals surface area contributed by atoms with E-state index >= 15 is 0 Å². The molecule has 3 saturated heterocycles. The van der Waals surface area contributed by atoms with Gasteiger partial charge in [-0.2, -0.15) is 0 Å². The molecule has 9 rings (SSSR count). The molecule has 3 fully saturated rings. The molecule has 0 saturated carbocycles. The number of esters is 1. The van der Waals surface area contributed by atoms with Crippen molar-refractivity contribution in [2.24, 2.45) is 4.99 Å². The summed E-state index contributed by atoms with van der Waals surface area (Å²) in [6.45, 7) is 0.632. The number of ether oxygens (including phenoxy) is 2. The molecule has 1 unspecified atom stereocenters. The summed E-state index contributed by atoms with van der Waals surface area (Å²) in [5, 5.41) is 4.90. The second kappa shape index (κ2) is 15.6. The summed E-state index contributed by atoms with van der Waals surface area (Å²) in [5.41, 5.74) is 7.98. The second-order valence-corrected chi connectivity index (χ2v) is 15.8. The normalized spacial score (nSPS) is 21.7. The van der Waals surface area contributed by atoms with E-state index in [1.807, 2.05) is 46.3 Å². The number of hydrogen-bond donors (Lipinski definition) is 2. The first-order valence-corrected chi connectivity index (χ1v) is 20.2. The fourth-order valence-electron chi connectivity index (χ4n) is 9.47. The molecule has 0 aliphatic carbocycles. The van der Waals surface area contributed by atoms with Crippen LogP contribution in [-0.2, 0) is 30.3 Å². The lowest BCUT2D eigenvalue weighted by Crippen LogP contribution is -2.54. The molecule has 5 atom stereocenters. The number of carbonyl (C=O) groups excluding carboxylic acids is 4. The van der Waals surface area contributed by atoms with Gasteiger partial charge in [0.25, 0.3) is 0 Å². The number of imidazole rings is 1. The van der Waals surface area contributed by atoms with E-state index in [4.69, 9.17) is 19.5 Å². The smallest absolute Gasteiger partial charge is 0.407 e. The molecule has 0 radical (unpaired) electrons. The molecule has 5 aromatic rings. The first-order valence-electron chi connectivity index (χ1n) is 20.2. The van der Waals surface area contributed by atoms with Crippen LogP contribution in [0.3, 0.4) is 0 Å². The first-order chi connectivity index (χ1) is 28.3. The van der Waals surface area contributed by atoms with Gasteiger partial charge in [0.15, 0.2) is 0 Å². The van der Waals surface area contributed by atoms with E-state index in [0.717, 1.165) is 93.6 Å². The number of piperidine rings is 1. The maximum atomic E-state index is 14.1. The van der Waals surface area contributed by atoms with Gasteiger partial charge in [0.1, 0.15) is 11.9 Å². The molecule has 0 spiro atoms. The monoisotopic (exact) mass is 778 g/mol. The van der Waals surface area contributed by atoms with Crippen LogP contribution in [0.4, 0.5) is 10.5 Å². The molecule has 5 heterocycles. The van der Waals surface area contributed by atoms with Crippen LogP contribution in [-0.4, -0.2) is 88.2 Å². The van der Waals surface area contributed by atoms with Crippen LogP contribution in [0.15, 0.2) is 96.1 Å². The summed E-state index contributed by atoms with van der Waals surface area (Å²) in [7, 11) is 2.66. The first kappa shape index (κ1) is 37.3. The third kappa shape index (κ3) is 7.01. The lowest BCUT2D eigenvalue weighted by Gasteiger charge is -2.37. The Morgan fingerprint density at radius 2 is 1.59 bits per heavy atom. The Morgan fingerprint density at radius 3 is 2.38 bits per heavy atom. The van der Waals surface area contributed by atoms with Gasteiger partial charge in [-0.1, -0.05) is 60.7 Å². The Labute approximate surface area is 336 Å². The topological polar surface area (TPSA) is 146 Å². The molecule has 12 heteroatoms. The minimum absolute atomic E-state index is 0.000974. The Kier molecular flexibility index (Phi) is 10.0. The molecular weight excluding hydrogens is 733 g/mol. The highest BCUT2D eigenvalue weighted by Crippen LogP contribution is 2.41. The zero-order valence-corrected chi connectivity index (χ0v) is 32.6. The number of aromatic nitrogens is 2. The lowest BCUT2D eigenvalue weighted by molar-refractivity contribution is -0.144. The van der Waals surface area contributed by atoms with Crippen molar-refractivity contribution >= 4 is 46.0 Å². The van der Waals surface area contributed by atoms with E-state index in [1.165, 1.54) is 14.2 Å². The number of rotatable bonds is 9. The van der Waals surface area contributed by atoms with E-state index < -0.39 is 24.0 Å². The third-order valence-electron chi connectivity index (χ3n) is 12.5. The van der Waals surface area contributed by atoms with Gasteiger partial charge < -0.3 is 29.6 Å². The largest absolute Gasteiger partial charge is 0.469 e. The quantitative estimate of drug-likeness (QED) is 0.148. The summed E-state index contributed by atoms with van der Waals surface area (Å²) in [4.78, 5) is 68.9. The van der Waals surface area contributed by atoms with Crippen LogP contribution in [0, 0.1) is 0 Å². The molecule has 1 aromatic heterocycles. The predicted molar refractivity (Wildman–Crippen MR) is 219 cm³/mol. The van der Waals surface area contributed by atoms with Gasteiger partial charge in [-0.3, -0.25) is 19.4 Å². The number of benzene rings is 4. The third-order valence-corrected chi connectivity index (χ3v) is 12.5. The number of fused-ring (bicyclic) bond motifs is 3. The van der Waals surface area contributed by atoms with Crippen molar-refractivity contribution in [3.63, 3.8) is 0 Å². The number of aromatic amines is 1. The van der Waals surface area contributed by atoms with Crippen LogP contribution in [0.5, 0.6) is 0 Å². The number of methoxy groups -OCH3 is 2. The number of likely N-dealkylation sites (tertiary alicyclic amines) is 1. The van der Waals surface area contributed by atoms with Gasteiger partial charge in [0.05, 0.1) is 56.2 Å². The Morgan fingerprint density at radius 1 is 0.845 bits per heavy atom. The van der Waals surface area contributed by atoms with Crippen LogP contribution in [0.25, 0.3) is 33.2 Å². The van der Waals surface area contributed by atoms with E-state index in [1.54, 1.807) is 0 Å². The maximum absolute atomic E-state index is 14.1. The number of carbonyl (C=O) groups is 4. The Bertz CT molecular complexity index is 2440. The zero-order chi connectivity index (χ0) is 39.9. The van der Waals surface area contributed by atoms with Gasteiger partial charge >= 0.3 is 12.1 Å². The maximum Gasteiger partial charge on any atom is 0.407 e. The Balaban J connectivity index is 0.888. The van der Waals surface area contributed by atoms with Crippen LogP contribution >= 0.6 is 0 Å². The zero-order valence-electron chi connectivity index (χ0n) is 32.6. The fraction of sp³-hybridized carbons (Fsp3) is 0.348. The number of aliphatic imine (C=N–C) groups is 1. The number of nitrogens with one attached hydrogen (secondary N) is 2. The van der Waals surface area contributed by atoms with Crippen molar-refractivity contribution in [3.8, 4) is 22.4 Å². The lowest BCUT2D eigenvalue weighted by atomic mass is 9.93. The summed E-state index contributed by atoms with van der Waals surface area (Å²) in [6, 6.07) is 28.0. The molecule has 2 N–H and O–H groups in total. The number of hydrogen-bond acceptors (Lipinski definition) is 8. The van der Waals surface area contributed by atoms with Gasteiger partial charge in [0.2, 0.25) is 11.8 Å². The minimum Gasteiger partial charge on any atom is -0.469 e. The van der Waals surface area contributed by atoms with Crippen molar-refractivity contribution < 1.29 is 28.7 Å². The summed E-state index contributed by atoms with van der Waals surface area (Å²) in [6.07, 6.45) is 6.79. The highest BCUT2D eigenvalue weighted by molar-refractivity contribution is 6.02. The van der Waals surface area contributed by atoms with Gasteiger partial charge in [-0.15, -0.1) is 0 Å². The van der Waals surface area contributed by atoms with Gasteiger partial charge in [-0.05, 0) is 95.8 Å². The average molecular weight is 779 g/mol. The van der Waals surface area contributed by atoms with E-state index in [2.05, 4.69) is 64.9 Å². The van der Waals surface area contributed by atoms with Crippen LogP contribution in [0.1, 0.15) is 73.9 Å². The molecule has 58 heavy (non-hydrogen) atoms. The summed E-state index contributed by atoms with van der Waals surface area (Å²) < 4.78 is 9.71. The van der Waals surface area contributed by atoms with Crippen molar-refractivity contribution in [1.82, 2.24) is 25.1 Å². The predicted octanol–water partition coefficient (Wildman–Crippen LogP) is 7.41. The molecule has 0 bridgehead atoms. The summed E-state index contributed by atoms with van der Waals surface area (Å²) >= 11 is 0. The van der Waals surface area contributed by atoms with E-state index in [-0.39, 0.29) is 36.4 Å². The summed E-state index contributed by atoms with van der Waals surface area (Å²) in [5.74, 6) is -0.398. The van der Waals surface area contributed by atoms with Crippen molar-refractivity contribution in [3.05, 3.63) is 108 Å². The van der Waals surface area contributed by atoms with E-state index in [9.17, 15) is 19.2 Å². The molecule has 4 aliphatic heterocycles. The van der Waals surface area contributed by atoms with Gasteiger partial charge in [-0.25, -0.2) is 9.78 Å². The van der Waals surface area contributed by atoms with Crippen molar-refractivity contribution in [1.29, 1.82) is 0 Å². The molecule has 12 nitrogen and oxygen atoms in total. The number of nitrogens with zero attached hydrogens (tertiary/aromatic N) is 4. The molecule has 296 valence electrons. The highest BCUT2D eigenvalue weighted by atomic mass is 16.5. The molecule has 4 aromatic carbocycles. The average Bonchev–Trinajstić information content (AvgIpc) is 4.09. The second-order valence-electron chi connectivity index (χ2n) is 15.8. The molecule has 3 amide bonds.